The van der Waals surface area contributed by atoms with Crippen molar-refractivity contribution in [2.75, 3.05) is 26.2 Å². The fraction of sp³-hybridized carbons (Fsp3) is 0.625. The molecule has 9 heteroatoms. The van der Waals surface area contributed by atoms with Gasteiger partial charge in [0.15, 0.2) is 0 Å². The Labute approximate surface area is 151 Å². The van der Waals surface area contributed by atoms with Crippen LogP contribution in [-0.4, -0.2) is 39.5 Å². The average molecular weight is 399 g/mol. The molecule has 0 spiro atoms. The Morgan fingerprint density at radius 3 is 2.48 bits per heavy atom. The van der Waals surface area contributed by atoms with Crippen LogP contribution in [0.4, 0.5) is 13.2 Å². The van der Waals surface area contributed by atoms with Crippen molar-refractivity contribution in [1.82, 2.24) is 9.62 Å². The summed E-state index contributed by atoms with van der Waals surface area (Å²) in [6.45, 7) is 5.20. The van der Waals surface area contributed by atoms with E-state index in [0.29, 0.717) is 6.07 Å². The molecule has 1 aliphatic rings. The maximum atomic E-state index is 12.9. The molecule has 0 aliphatic carbocycles. The largest absolute Gasteiger partial charge is 0.417 e. The van der Waals surface area contributed by atoms with Crippen LogP contribution in [0.15, 0.2) is 23.1 Å². The van der Waals surface area contributed by atoms with E-state index >= 15 is 0 Å². The summed E-state index contributed by atoms with van der Waals surface area (Å²) in [4.78, 5) is 1.91. The van der Waals surface area contributed by atoms with Gasteiger partial charge >= 0.3 is 6.18 Å². The van der Waals surface area contributed by atoms with E-state index in [2.05, 4.69) is 16.5 Å². The molecule has 0 saturated carbocycles. The van der Waals surface area contributed by atoms with Crippen LogP contribution in [0, 0.1) is 5.92 Å². The lowest BCUT2D eigenvalue weighted by molar-refractivity contribution is -0.137. The van der Waals surface area contributed by atoms with Crippen LogP contribution < -0.4 is 4.72 Å². The number of piperidine rings is 1. The minimum absolute atomic E-state index is 0.192. The molecule has 1 heterocycles. The van der Waals surface area contributed by atoms with Gasteiger partial charge in [-0.25, -0.2) is 13.1 Å². The normalized spacial score (nSPS) is 17.8. The van der Waals surface area contributed by atoms with Crippen molar-refractivity contribution in [2.45, 2.75) is 37.3 Å². The second kappa shape index (κ2) is 8.24. The molecule has 0 unspecified atom stereocenters. The first kappa shape index (κ1) is 20.5. The van der Waals surface area contributed by atoms with Gasteiger partial charge in [0.1, 0.15) is 0 Å². The summed E-state index contributed by atoms with van der Waals surface area (Å²) < 4.78 is 65.7. The number of hydrogen-bond donors (Lipinski definition) is 1. The highest BCUT2D eigenvalue weighted by Crippen LogP contribution is 2.35. The second-order valence-electron chi connectivity index (χ2n) is 6.28. The number of nitrogens with zero attached hydrogens (tertiary/aromatic N) is 1. The zero-order valence-electron chi connectivity index (χ0n) is 13.9. The smallest absolute Gasteiger partial charge is 0.303 e. The molecule has 1 saturated heterocycles. The summed E-state index contributed by atoms with van der Waals surface area (Å²) in [5.74, 6) is 0.192. The van der Waals surface area contributed by atoms with Gasteiger partial charge < -0.3 is 4.90 Å². The Morgan fingerprint density at radius 2 is 1.92 bits per heavy atom. The van der Waals surface area contributed by atoms with Crippen LogP contribution in [-0.2, 0) is 16.2 Å². The van der Waals surface area contributed by atoms with Gasteiger partial charge in [0.05, 0.1) is 15.5 Å². The van der Waals surface area contributed by atoms with Crippen molar-refractivity contribution < 1.29 is 21.6 Å². The third kappa shape index (κ3) is 5.57. The third-order valence-electron chi connectivity index (χ3n) is 4.36. The van der Waals surface area contributed by atoms with Gasteiger partial charge in [-0.1, -0.05) is 18.5 Å². The van der Waals surface area contributed by atoms with Crippen molar-refractivity contribution in [3.05, 3.63) is 28.8 Å². The zero-order valence-corrected chi connectivity index (χ0v) is 15.5. The lowest BCUT2D eigenvalue weighted by Crippen LogP contribution is -2.38. The van der Waals surface area contributed by atoms with Crippen LogP contribution in [0.25, 0.3) is 0 Å². The van der Waals surface area contributed by atoms with Crippen molar-refractivity contribution in [2.24, 2.45) is 5.92 Å². The van der Waals surface area contributed by atoms with E-state index in [1.807, 2.05) is 0 Å². The van der Waals surface area contributed by atoms with E-state index in [1.54, 1.807) is 0 Å². The molecule has 0 radical (unpaired) electrons. The summed E-state index contributed by atoms with van der Waals surface area (Å²) >= 11 is 5.53. The molecule has 1 aromatic rings. The number of nitrogens with one attached hydrogen (secondary N) is 1. The molecule has 25 heavy (non-hydrogen) atoms. The lowest BCUT2D eigenvalue weighted by atomic mass is 9.97. The van der Waals surface area contributed by atoms with E-state index < -0.39 is 31.7 Å². The first-order valence-corrected chi connectivity index (χ1v) is 10.1. The molecule has 0 amide bonds. The van der Waals surface area contributed by atoms with E-state index in [9.17, 15) is 21.6 Å². The molecule has 142 valence electrons. The molecular weight excluding hydrogens is 377 g/mol. The molecule has 1 aliphatic heterocycles. The minimum atomic E-state index is -4.70. The Bertz CT molecular complexity index is 687. The SMILES string of the molecule is CCCN1CCC(CNS(=O)(=O)c2ccc(Cl)c(C(F)(F)F)c2)CC1. The number of likely N-dealkylation sites (tertiary alicyclic amines) is 1. The molecule has 0 atom stereocenters. The van der Waals surface area contributed by atoms with Crippen molar-refractivity contribution in [3.8, 4) is 0 Å². The molecular formula is C16H22ClF3N2O2S. The number of benzene rings is 1. The van der Waals surface area contributed by atoms with E-state index in [0.717, 1.165) is 51.0 Å². The summed E-state index contributed by atoms with van der Waals surface area (Å²) in [6, 6.07) is 2.63. The van der Waals surface area contributed by atoms with Crippen LogP contribution >= 0.6 is 11.6 Å². The van der Waals surface area contributed by atoms with E-state index in [-0.39, 0.29) is 12.5 Å². The van der Waals surface area contributed by atoms with Gasteiger partial charge in [0.25, 0.3) is 0 Å². The summed E-state index contributed by atoms with van der Waals surface area (Å²) in [7, 11) is -4.01. The van der Waals surface area contributed by atoms with Gasteiger partial charge in [-0.2, -0.15) is 13.2 Å². The highest BCUT2D eigenvalue weighted by molar-refractivity contribution is 7.89. The molecule has 0 bridgehead atoms. The van der Waals surface area contributed by atoms with Crippen molar-refractivity contribution >= 4 is 21.6 Å². The van der Waals surface area contributed by atoms with Gasteiger partial charge in [-0.05, 0) is 63.0 Å². The molecule has 1 N–H and O–H groups in total. The maximum Gasteiger partial charge on any atom is 0.417 e. The minimum Gasteiger partial charge on any atom is -0.303 e. The highest BCUT2D eigenvalue weighted by Gasteiger charge is 2.34. The average Bonchev–Trinajstić information content (AvgIpc) is 2.54. The fourth-order valence-electron chi connectivity index (χ4n) is 2.93. The number of rotatable bonds is 6. The van der Waals surface area contributed by atoms with Crippen molar-refractivity contribution in [3.63, 3.8) is 0 Å². The van der Waals surface area contributed by atoms with Crippen LogP contribution in [0.5, 0.6) is 0 Å². The summed E-state index contributed by atoms with van der Waals surface area (Å²) in [5.41, 5.74) is -1.15. The van der Waals surface area contributed by atoms with E-state index in [1.165, 1.54) is 0 Å². The predicted molar refractivity (Wildman–Crippen MR) is 91.1 cm³/mol. The number of halogens is 4. The summed E-state index contributed by atoms with van der Waals surface area (Å²) in [6.07, 6.45) is -1.88. The number of hydrogen-bond acceptors (Lipinski definition) is 3. The van der Waals surface area contributed by atoms with Gasteiger partial charge in [-0.15, -0.1) is 0 Å². The fourth-order valence-corrected chi connectivity index (χ4v) is 4.30. The summed E-state index contributed by atoms with van der Waals surface area (Å²) in [5, 5.41) is -0.519. The molecule has 1 fully saturated rings. The second-order valence-corrected chi connectivity index (χ2v) is 8.45. The monoisotopic (exact) mass is 398 g/mol. The van der Waals surface area contributed by atoms with Crippen LogP contribution in [0.2, 0.25) is 5.02 Å². The highest BCUT2D eigenvalue weighted by atomic mass is 35.5. The Kier molecular flexibility index (Phi) is 6.75. The molecule has 4 nitrogen and oxygen atoms in total. The lowest BCUT2D eigenvalue weighted by Gasteiger charge is -2.31. The number of alkyl halides is 3. The van der Waals surface area contributed by atoms with Crippen molar-refractivity contribution in [1.29, 1.82) is 0 Å². The standard InChI is InChI=1S/C16H22ClF3N2O2S/c1-2-7-22-8-5-12(6-9-22)11-21-25(23,24)13-3-4-15(17)14(10-13)16(18,19)20/h3-4,10,12,21H,2,5-9,11H2,1H3. The van der Waals surface area contributed by atoms with Crippen LogP contribution in [0.1, 0.15) is 31.7 Å². The predicted octanol–water partition coefficient (Wildman–Crippen LogP) is 3.76. The maximum absolute atomic E-state index is 12.9. The zero-order chi connectivity index (χ0) is 18.7. The Hall–Kier alpha value is -0.830. The first-order chi connectivity index (χ1) is 11.6. The molecule has 2 rings (SSSR count). The van der Waals surface area contributed by atoms with Gasteiger partial charge in [-0.3, -0.25) is 0 Å². The number of sulfonamides is 1. The Balaban J connectivity index is 2.01. The molecule has 1 aromatic carbocycles. The first-order valence-electron chi connectivity index (χ1n) is 8.22. The molecule has 0 aromatic heterocycles. The third-order valence-corrected chi connectivity index (χ3v) is 6.11. The topological polar surface area (TPSA) is 49.4 Å². The quantitative estimate of drug-likeness (QED) is 0.793. The van der Waals surface area contributed by atoms with Gasteiger partial charge in [0, 0.05) is 6.54 Å². The van der Waals surface area contributed by atoms with Gasteiger partial charge in [0.2, 0.25) is 10.0 Å². The Morgan fingerprint density at radius 1 is 1.28 bits per heavy atom. The van der Waals surface area contributed by atoms with E-state index in [4.69, 9.17) is 11.6 Å². The van der Waals surface area contributed by atoms with Crippen LogP contribution in [0.3, 0.4) is 0 Å².